The van der Waals surface area contributed by atoms with E-state index < -0.39 is 11.3 Å². The Kier molecular flexibility index (Phi) is 7.13. The average Bonchev–Trinajstić information content (AvgIpc) is 2.83. The first-order valence-electron chi connectivity index (χ1n) is 10.5. The largest absolute Gasteiger partial charge is 0.493 e. The Bertz CT molecular complexity index is 1090. The highest BCUT2D eigenvalue weighted by Crippen LogP contribution is 2.37. The van der Waals surface area contributed by atoms with Crippen molar-refractivity contribution in [3.8, 4) is 23.0 Å². The molecule has 0 saturated carbocycles. The highest BCUT2D eigenvalue weighted by Gasteiger charge is 2.24. The van der Waals surface area contributed by atoms with Crippen LogP contribution in [0.1, 0.15) is 19.3 Å². The van der Waals surface area contributed by atoms with Crippen LogP contribution in [0.2, 0.25) is 0 Å². The molecule has 1 atom stereocenters. The smallest absolute Gasteiger partial charge is 0.231 e. The van der Waals surface area contributed by atoms with Crippen LogP contribution in [0, 0.1) is 5.92 Å². The van der Waals surface area contributed by atoms with Gasteiger partial charge in [-0.1, -0.05) is 6.07 Å². The van der Waals surface area contributed by atoms with Crippen LogP contribution in [0.25, 0.3) is 22.4 Å². The van der Waals surface area contributed by atoms with Crippen LogP contribution in [0.4, 0.5) is 5.82 Å². The highest BCUT2D eigenvalue weighted by molar-refractivity contribution is 7.77. The molecule has 32 heavy (non-hydrogen) atoms. The van der Waals surface area contributed by atoms with E-state index in [9.17, 15) is 4.21 Å². The second-order valence-corrected chi connectivity index (χ2v) is 8.46. The summed E-state index contributed by atoms with van der Waals surface area (Å²) in [6, 6.07) is 9.49. The Hall–Kier alpha value is -2.82. The standard InChI is InChI=1S/C22H27N5O4S/c1-30-19-13-16-18(14-20(19)31-2)25-21(17-5-3-4-9-23-17)26-22(16)27-11-7-15(8-12-27)6-10-24-32(28)29/h3-5,9,13-15,24H,6-8,10-12H2,1-2H3,(H,28,29). The fourth-order valence-electron chi connectivity index (χ4n) is 4.07. The van der Waals surface area contributed by atoms with Gasteiger partial charge in [-0.3, -0.25) is 9.54 Å². The molecule has 2 aromatic heterocycles. The van der Waals surface area contributed by atoms with E-state index in [-0.39, 0.29) is 0 Å². The second kappa shape index (κ2) is 10.2. The maximum absolute atomic E-state index is 10.8. The second-order valence-electron chi connectivity index (χ2n) is 7.67. The molecule has 1 aromatic carbocycles. The van der Waals surface area contributed by atoms with Crippen molar-refractivity contribution in [1.29, 1.82) is 0 Å². The van der Waals surface area contributed by atoms with Gasteiger partial charge in [0.1, 0.15) is 11.5 Å². The molecule has 3 aromatic rings. The van der Waals surface area contributed by atoms with Crippen LogP contribution < -0.4 is 19.1 Å². The molecule has 0 bridgehead atoms. The first kappa shape index (κ1) is 22.4. The van der Waals surface area contributed by atoms with Gasteiger partial charge in [-0.05, 0) is 43.4 Å². The number of piperidine rings is 1. The lowest BCUT2D eigenvalue weighted by atomic mass is 9.93. The highest BCUT2D eigenvalue weighted by atomic mass is 32.2. The number of fused-ring (bicyclic) bond motifs is 1. The summed E-state index contributed by atoms with van der Waals surface area (Å²) in [5, 5.41) is 0.901. The zero-order valence-corrected chi connectivity index (χ0v) is 19.0. The third-order valence-corrected chi connectivity index (χ3v) is 6.22. The van der Waals surface area contributed by atoms with Gasteiger partial charge in [0.15, 0.2) is 17.3 Å². The molecule has 0 amide bonds. The lowest BCUT2D eigenvalue weighted by Crippen LogP contribution is -2.35. The van der Waals surface area contributed by atoms with Crippen LogP contribution in [-0.2, 0) is 11.3 Å². The lowest BCUT2D eigenvalue weighted by molar-refractivity contribution is 0.355. The van der Waals surface area contributed by atoms with Crippen molar-refractivity contribution < 1.29 is 18.2 Å². The number of hydrogen-bond donors (Lipinski definition) is 2. The Morgan fingerprint density at radius 2 is 1.91 bits per heavy atom. The minimum atomic E-state index is -1.95. The molecular formula is C22H27N5O4S. The number of anilines is 1. The van der Waals surface area contributed by atoms with Crippen molar-refractivity contribution >= 4 is 28.0 Å². The average molecular weight is 458 g/mol. The predicted molar refractivity (Wildman–Crippen MR) is 124 cm³/mol. The molecule has 9 nitrogen and oxygen atoms in total. The van der Waals surface area contributed by atoms with Crippen molar-refractivity contribution in [3.63, 3.8) is 0 Å². The molecule has 0 radical (unpaired) electrons. The number of hydrogen-bond acceptors (Lipinski definition) is 7. The summed E-state index contributed by atoms with van der Waals surface area (Å²) >= 11 is -1.95. The maximum atomic E-state index is 10.8. The van der Waals surface area contributed by atoms with Crippen LogP contribution in [0.3, 0.4) is 0 Å². The normalized spacial score (nSPS) is 15.7. The number of methoxy groups -OCH3 is 2. The van der Waals surface area contributed by atoms with Crippen molar-refractivity contribution in [2.75, 3.05) is 38.8 Å². The minimum absolute atomic E-state index is 0.500. The number of pyridine rings is 1. The number of aromatic nitrogens is 3. The fraction of sp³-hybridized carbons (Fsp3) is 0.409. The Balaban J connectivity index is 1.67. The fourth-order valence-corrected chi connectivity index (χ4v) is 4.37. The quantitative estimate of drug-likeness (QED) is 0.497. The van der Waals surface area contributed by atoms with Gasteiger partial charge < -0.3 is 14.4 Å². The molecule has 1 aliphatic rings. The monoisotopic (exact) mass is 457 g/mol. The third-order valence-electron chi connectivity index (χ3n) is 5.77. The van der Waals surface area contributed by atoms with E-state index >= 15 is 0 Å². The third kappa shape index (κ3) is 4.98. The van der Waals surface area contributed by atoms with Gasteiger partial charge in [0.05, 0.1) is 19.7 Å². The van der Waals surface area contributed by atoms with Gasteiger partial charge >= 0.3 is 0 Å². The number of benzene rings is 1. The van der Waals surface area contributed by atoms with E-state index in [2.05, 4.69) is 14.6 Å². The summed E-state index contributed by atoms with van der Waals surface area (Å²) < 4.78 is 33.3. The summed E-state index contributed by atoms with van der Waals surface area (Å²) in [5.41, 5.74) is 1.48. The van der Waals surface area contributed by atoms with Gasteiger partial charge in [0.2, 0.25) is 11.3 Å². The van der Waals surface area contributed by atoms with Crippen molar-refractivity contribution in [2.24, 2.45) is 5.92 Å². The number of rotatable bonds is 8. The number of nitrogens with one attached hydrogen (secondary N) is 1. The van der Waals surface area contributed by atoms with Crippen LogP contribution in [0.15, 0.2) is 36.5 Å². The van der Waals surface area contributed by atoms with Gasteiger partial charge in [0.25, 0.3) is 0 Å². The van der Waals surface area contributed by atoms with Gasteiger partial charge in [-0.15, -0.1) is 0 Å². The molecule has 4 rings (SSSR count). The maximum Gasteiger partial charge on any atom is 0.231 e. The van der Waals surface area contributed by atoms with E-state index in [1.807, 2.05) is 30.3 Å². The molecule has 0 spiro atoms. The van der Waals surface area contributed by atoms with Gasteiger partial charge in [0, 0.05) is 37.3 Å². The first-order valence-corrected chi connectivity index (χ1v) is 11.6. The predicted octanol–water partition coefficient (Wildman–Crippen LogP) is 3.04. The Labute approximate surface area is 189 Å². The summed E-state index contributed by atoms with van der Waals surface area (Å²) in [4.78, 5) is 16.4. The Morgan fingerprint density at radius 1 is 1.16 bits per heavy atom. The molecule has 3 heterocycles. The molecule has 1 saturated heterocycles. The zero-order chi connectivity index (χ0) is 22.5. The van der Waals surface area contributed by atoms with Gasteiger partial charge in [-0.25, -0.2) is 18.9 Å². The van der Waals surface area contributed by atoms with E-state index in [4.69, 9.17) is 24.0 Å². The van der Waals surface area contributed by atoms with Crippen LogP contribution in [-0.4, -0.2) is 57.6 Å². The Morgan fingerprint density at radius 3 is 2.56 bits per heavy atom. The molecule has 170 valence electrons. The van der Waals surface area contributed by atoms with Crippen molar-refractivity contribution in [3.05, 3.63) is 36.5 Å². The molecule has 10 heteroatoms. The topological polar surface area (TPSA) is 110 Å². The minimum Gasteiger partial charge on any atom is -0.493 e. The summed E-state index contributed by atoms with van der Waals surface area (Å²) in [6.45, 7) is 2.22. The summed E-state index contributed by atoms with van der Waals surface area (Å²) in [5.74, 6) is 3.17. The summed E-state index contributed by atoms with van der Waals surface area (Å²) in [7, 11) is 3.23. The number of ether oxygens (including phenoxy) is 2. The van der Waals surface area contributed by atoms with E-state index in [1.165, 1.54) is 0 Å². The van der Waals surface area contributed by atoms with Crippen LogP contribution in [0.5, 0.6) is 11.5 Å². The van der Waals surface area contributed by atoms with Crippen molar-refractivity contribution in [2.45, 2.75) is 19.3 Å². The lowest BCUT2D eigenvalue weighted by Gasteiger charge is -2.33. The number of nitrogens with zero attached hydrogens (tertiary/aromatic N) is 4. The summed E-state index contributed by atoms with van der Waals surface area (Å²) in [6.07, 6.45) is 4.57. The SMILES string of the molecule is COc1cc2nc(-c3ccccn3)nc(N3CCC(CCNS(=O)O)CC3)c2cc1OC. The molecule has 0 aliphatic carbocycles. The van der Waals surface area contributed by atoms with E-state index in [0.29, 0.717) is 35.5 Å². The molecule has 1 fully saturated rings. The van der Waals surface area contributed by atoms with Crippen LogP contribution >= 0.6 is 0 Å². The first-order chi connectivity index (χ1) is 15.6. The molecule has 2 N–H and O–H groups in total. The van der Waals surface area contributed by atoms with E-state index in [1.54, 1.807) is 20.4 Å². The molecular weight excluding hydrogens is 430 g/mol. The molecule has 1 aliphatic heterocycles. The zero-order valence-electron chi connectivity index (χ0n) is 18.2. The van der Waals surface area contributed by atoms with E-state index in [0.717, 1.165) is 49.1 Å². The molecule has 1 unspecified atom stereocenters. The van der Waals surface area contributed by atoms with Gasteiger partial charge in [-0.2, -0.15) is 0 Å². The van der Waals surface area contributed by atoms with Crippen molar-refractivity contribution in [1.82, 2.24) is 19.7 Å².